The third-order valence-electron chi connectivity index (χ3n) is 13.9. The number of phosphoric acid groups is 1. The highest BCUT2D eigenvalue weighted by molar-refractivity contribution is 7.47. The molecule has 1 amide bonds. The van der Waals surface area contributed by atoms with E-state index in [1.807, 2.05) is 39.4 Å². The van der Waals surface area contributed by atoms with Crippen molar-refractivity contribution >= 4 is 19.7 Å². The molecule has 0 aliphatic heterocycles. The van der Waals surface area contributed by atoms with E-state index in [1.165, 1.54) is 180 Å². The van der Waals surface area contributed by atoms with Crippen LogP contribution in [0, 0.1) is 0 Å². The maximum Gasteiger partial charge on any atom is 0.472 e. The minimum atomic E-state index is -4.46. The zero-order chi connectivity index (χ0) is 55.7. The number of amides is 1. The van der Waals surface area contributed by atoms with Crippen LogP contribution in [-0.4, -0.2) is 74.3 Å². The van der Waals surface area contributed by atoms with Crippen LogP contribution in [0.5, 0.6) is 0 Å². The number of carbonyl (C=O) groups is 2. The summed E-state index contributed by atoms with van der Waals surface area (Å²) in [4.78, 5) is 37.6. The number of phosphoric ester groups is 1. The summed E-state index contributed by atoms with van der Waals surface area (Å²) in [5, 5.41) is 3.04. The molecule has 0 saturated heterocycles. The first kappa shape index (κ1) is 73.5. The Hall–Kier alpha value is -2.55. The Balaban J connectivity index is 5.15. The molecule has 10 heteroatoms. The van der Waals surface area contributed by atoms with Crippen LogP contribution in [0.25, 0.3) is 0 Å². The van der Waals surface area contributed by atoms with Crippen molar-refractivity contribution in [1.29, 1.82) is 0 Å². The van der Waals surface area contributed by atoms with Gasteiger partial charge in [-0.2, -0.15) is 0 Å². The van der Waals surface area contributed by atoms with Gasteiger partial charge < -0.3 is 19.4 Å². The van der Waals surface area contributed by atoms with Gasteiger partial charge in [-0.1, -0.05) is 255 Å². The lowest BCUT2D eigenvalue weighted by molar-refractivity contribution is -0.870. The van der Waals surface area contributed by atoms with Gasteiger partial charge in [0, 0.05) is 12.8 Å². The molecule has 0 heterocycles. The van der Waals surface area contributed by atoms with Crippen molar-refractivity contribution in [1.82, 2.24) is 5.32 Å². The van der Waals surface area contributed by atoms with E-state index in [9.17, 15) is 19.0 Å². The molecule has 0 fully saturated rings. The average molecular weight is 1090 g/mol. The second-order valence-corrected chi connectivity index (χ2v) is 24.0. The lowest BCUT2D eigenvalue weighted by Gasteiger charge is -2.27. The van der Waals surface area contributed by atoms with E-state index in [4.69, 9.17) is 13.8 Å². The standard InChI is InChI=1S/C66H121N2O7P/c1-7-10-13-16-19-22-25-28-29-30-31-32-33-34-35-36-37-38-39-41-43-46-49-52-55-58-65(69)67-63(62-74-76(71,72)73-61-60-68(4,5)6)64(57-54-51-48-45-42-27-24-21-18-15-12-9-3)75-66(70)59-56-53-50-47-44-40-26-23-20-17-14-11-8-2/h19,22,28-29,31-32,40,44,50,53-54,57,63-64H,7-18,20-21,23-27,30,33-39,41-43,45-49,51-52,55-56,58-62H2,1-6H3,(H-,67,69,71,72)/p+1/b22-19-,29-28-,32-31-,44-40-,53-50+,57-54-. The van der Waals surface area contributed by atoms with Crippen molar-refractivity contribution in [2.24, 2.45) is 0 Å². The molecule has 3 unspecified atom stereocenters. The summed E-state index contributed by atoms with van der Waals surface area (Å²) >= 11 is 0. The Morgan fingerprint density at radius 2 is 0.816 bits per heavy atom. The van der Waals surface area contributed by atoms with E-state index < -0.39 is 25.9 Å². The molecule has 76 heavy (non-hydrogen) atoms. The highest BCUT2D eigenvalue weighted by atomic mass is 31.2. The molecule has 0 aromatic carbocycles. The molecule has 0 aliphatic rings. The zero-order valence-electron chi connectivity index (χ0n) is 50.5. The van der Waals surface area contributed by atoms with Crippen molar-refractivity contribution < 1.29 is 37.3 Å². The van der Waals surface area contributed by atoms with Crippen molar-refractivity contribution in [2.45, 2.75) is 296 Å². The van der Waals surface area contributed by atoms with E-state index in [-0.39, 0.29) is 25.5 Å². The predicted octanol–water partition coefficient (Wildman–Crippen LogP) is 19.6. The molecule has 0 spiro atoms. The molecule has 0 rings (SSSR count). The van der Waals surface area contributed by atoms with Gasteiger partial charge >= 0.3 is 13.8 Å². The third kappa shape index (κ3) is 56.2. The first-order valence-corrected chi connectivity index (χ1v) is 33.3. The SMILES string of the molecule is CCCCC/C=C\C/C=C\C/C=C\CCCCCCCCCCCCCCC(=O)NC(COP(=O)(O)OCC[N+](C)(C)C)C(/C=C\CCCCCCCCCCCC)OC(=O)CC/C=C/C/C=C\CCCCCCCC. The van der Waals surface area contributed by atoms with Crippen molar-refractivity contribution in [3.8, 4) is 0 Å². The number of carbonyl (C=O) groups excluding carboxylic acids is 2. The van der Waals surface area contributed by atoms with Gasteiger partial charge in [-0.25, -0.2) is 4.57 Å². The molecule has 442 valence electrons. The third-order valence-corrected chi connectivity index (χ3v) is 14.9. The average Bonchev–Trinajstić information content (AvgIpc) is 3.38. The zero-order valence-corrected chi connectivity index (χ0v) is 51.4. The summed E-state index contributed by atoms with van der Waals surface area (Å²) in [7, 11) is 1.47. The number of ether oxygens (including phenoxy) is 1. The van der Waals surface area contributed by atoms with Gasteiger partial charge in [0.05, 0.1) is 33.8 Å². The number of nitrogens with one attached hydrogen (secondary N) is 1. The number of quaternary nitrogens is 1. The van der Waals surface area contributed by atoms with E-state index in [2.05, 4.69) is 80.8 Å². The monoisotopic (exact) mass is 1090 g/mol. The topological polar surface area (TPSA) is 111 Å². The van der Waals surface area contributed by atoms with Crippen molar-refractivity contribution in [2.75, 3.05) is 40.9 Å². The molecular formula is C66H122N2O7P+. The number of hydrogen-bond acceptors (Lipinski definition) is 6. The molecular weight excluding hydrogens is 964 g/mol. The molecule has 0 radical (unpaired) electrons. The fourth-order valence-electron chi connectivity index (χ4n) is 8.94. The molecule has 0 saturated carbocycles. The Morgan fingerprint density at radius 1 is 0.461 bits per heavy atom. The number of nitrogens with zero attached hydrogens (tertiary/aromatic N) is 1. The van der Waals surface area contributed by atoms with Crippen LogP contribution in [0.15, 0.2) is 72.9 Å². The molecule has 0 aromatic rings. The molecule has 2 N–H and O–H groups in total. The highest BCUT2D eigenvalue weighted by Gasteiger charge is 2.30. The first-order valence-electron chi connectivity index (χ1n) is 31.8. The normalized spacial score (nSPS) is 14.1. The summed E-state index contributed by atoms with van der Waals surface area (Å²) in [5.74, 6) is -0.582. The lowest BCUT2D eigenvalue weighted by Crippen LogP contribution is -2.47. The van der Waals surface area contributed by atoms with Crippen LogP contribution in [-0.2, 0) is 27.9 Å². The van der Waals surface area contributed by atoms with Crippen LogP contribution in [0.4, 0.5) is 0 Å². The minimum Gasteiger partial charge on any atom is -0.456 e. The smallest absolute Gasteiger partial charge is 0.456 e. The van der Waals surface area contributed by atoms with Crippen molar-refractivity contribution in [3.63, 3.8) is 0 Å². The largest absolute Gasteiger partial charge is 0.472 e. The van der Waals surface area contributed by atoms with E-state index in [0.29, 0.717) is 23.9 Å². The maximum atomic E-state index is 13.5. The van der Waals surface area contributed by atoms with Crippen LogP contribution in [0.3, 0.4) is 0 Å². The Labute approximate surface area is 470 Å². The van der Waals surface area contributed by atoms with E-state index in [0.717, 1.165) is 64.2 Å². The second-order valence-electron chi connectivity index (χ2n) is 22.6. The molecule has 3 atom stereocenters. The number of esters is 1. The van der Waals surface area contributed by atoms with Crippen LogP contribution in [0.1, 0.15) is 284 Å². The van der Waals surface area contributed by atoms with E-state index >= 15 is 0 Å². The summed E-state index contributed by atoms with van der Waals surface area (Å²) in [6.07, 6.45) is 72.1. The number of allylic oxidation sites excluding steroid dienone is 11. The summed E-state index contributed by atoms with van der Waals surface area (Å²) in [6.45, 7) is 6.95. The van der Waals surface area contributed by atoms with Gasteiger partial charge in [-0.15, -0.1) is 0 Å². The van der Waals surface area contributed by atoms with Gasteiger partial charge in [0.25, 0.3) is 0 Å². The van der Waals surface area contributed by atoms with Crippen LogP contribution >= 0.6 is 7.82 Å². The Kier molecular flexibility index (Phi) is 53.9. The summed E-state index contributed by atoms with van der Waals surface area (Å²) in [5.41, 5.74) is 0. The molecule has 0 aromatic heterocycles. The Morgan fingerprint density at radius 3 is 1.25 bits per heavy atom. The van der Waals surface area contributed by atoms with Gasteiger partial charge in [-0.05, 0) is 89.5 Å². The van der Waals surface area contributed by atoms with Gasteiger partial charge in [-0.3, -0.25) is 18.6 Å². The quantitative estimate of drug-likeness (QED) is 0.0205. The molecule has 0 aliphatic carbocycles. The maximum absolute atomic E-state index is 13.5. The lowest BCUT2D eigenvalue weighted by atomic mass is 10.0. The number of rotatable bonds is 57. The fourth-order valence-corrected chi connectivity index (χ4v) is 9.68. The van der Waals surface area contributed by atoms with Gasteiger partial charge in [0.1, 0.15) is 19.3 Å². The molecule has 0 bridgehead atoms. The van der Waals surface area contributed by atoms with Gasteiger partial charge in [0.2, 0.25) is 5.91 Å². The summed E-state index contributed by atoms with van der Waals surface area (Å²) in [6, 6.07) is -0.873. The Bertz CT molecular complexity index is 1530. The summed E-state index contributed by atoms with van der Waals surface area (Å²) < 4.78 is 30.6. The highest BCUT2D eigenvalue weighted by Crippen LogP contribution is 2.43. The number of hydrogen-bond donors (Lipinski definition) is 2. The number of unbranched alkanes of at least 4 members (excludes halogenated alkanes) is 31. The predicted molar refractivity (Wildman–Crippen MR) is 328 cm³/mol. The van der Waals surface area contributed by atoms with Gasteiger partial charge in [0.15, 0.2) is 0 Å². The number of likely N-dealkylation sites (N-methyl/N-ethyl adjacent to an activating group) is 1. The second kappa shape index (κ2) is 55.8. The molecule has 9 nitrogen and oxygen atoms in total. The fraction of sp³-hybridized carbons (Fsp3) is 0.788. The van der Waals surface area contributed by atoms with Crippen molar-refractivity contribution in [3.05, 3.63) is 72.9 Å². The first-order chi connectivity index (χ1) is 36.9. The van der Waals surface area contributed by atoms with Crippen LogP contribution in [0.2, 0.25) is 0 Å². The van der Waals surface area contributed by atoms with Crippen LogP contribution < -0.4 is 5.32 Å². The van der Waals surface area contributed by atoms with E-state index in [1.54, 1.807) is 0 Å². The minimum absolute atomic E-state index is 0.0308.